The van der Waals surface area contributed by atoms with Gasteiger partial charge in [-0.25, -0.2) is 0 Å². The molecule has 1 aromatic carbocycles. The summed E-state index contributed by atoms with van der Waals surface area (Å²) in [6.45, 7) is 4.52. The summed E-state index contributed by atoms with van der Waals surface area (Å²) in [5, 5.41) is 4.97. The fraction of sp³-hybridized carbons (Fsp3) is 0.556. The molecule has 3 rings (SSSR count). The molecule has 0 amide bonds. The van der Waals surface area contributed by atoms with E-state index in [1.165, 1.54) is 48.6 Å². The molecule has 2 N–H and O–H groups in total. The van der Waals surface area contributed by atoms with Crippen molar-refractivity contribution in [3.8, 4) is 0 Å². The van der Waals surface area contributed by atoms with Crippen molar-refractivity contribution in [2.45, 2.75) is 45.6 Å². The lowest BCUT2D eigenvalue weighted by Gasteiger charge is -2.26. The molecule has 0 spiro atoms. The average molecular weight is 270 g/mol. The van der Waals surface area contributed by atoms with Crippen molar-refractivity contribution in [3.63, 3.8) is 0 Å². The third kappa shape index (κ3) is 3.24. The third-order valence-electron chi connectivity index (χ3n) is 4.86. The summed E-state index contributed by atoms with van der Waals surface area (Å²) in [6, 6.07) is 8.54. The molecule has 2 aromatic rings. The molecule has 0 unspecified atom stereocenters. The molecule has 1 aliphatic carbocycles. The van der Waals surface area contributed by atoms with Crippen LogP contribution in [0.2, 0.25) is 0 Å². The van der Waals surface area contributed by atoms with Gasteiger partial charge in [-0.2, -0.15) is 0 Å². The molecule has 0 bridgehead atoms. The van der Waals surface area contributed by atoms with Gasteiger partial charge >= 0.3 is 0 Å². The zero-order chi connectivity index (χ0) is 13.8. The summed E-state index contributed by atoms with van der Waals surface area (Å²) in [5.74, 6) is 1.92. The van der Waals surface area contributed by atoms with E-state index >= 15 is 0 Å². The largest absolute Gasteiger partial charge is 0.361 e. The molecular formula is C18H26N2. The normalized spacial score (nSPS) is 23.2. The first-order chi connectivity index (χ1) is 9.83. The quantitative estimate of drug-likeness (QED) is 0.771. The number of rotatable bonds is 5. The number of hydrogen-bond donors (Lipinski definition) is 2. The first kappa shape index (κ1) is 13.7. The van der Waals surface area contributed by atoms with Crippen LogP contribution in [0.3, 0.4) is 0 Å². The van der Waals surface area contributed by atoms with Crippen molar-refractivity contribution in [2.24, 2.45) is 11.8 Å². The number of aromatic amines is 1. The minimum absolute atomic E-state index is 0.960. The van der Waals surface area contributed by atoms with E-state index in [0.717, 1.165) is 24.9 Å². The molecule has 1 heterocycles. The Bertz CT molecular complexity index is 535. The lowest BCUT2D eigenvalue weighted by molar-refractivity contribution is 0.275. The van der Waals surface area contributed by atoms with Gasteiger partial charge in [0.05, 0.1) is 0 Å². The van der Waals surface area contributed by atoms with Gasteiger partial charge < -0.3 is 10.3 Å². The summed E-state index contributed by atoms with van der Waals surface area (Å²) in [6.07, 6.45) is 9.24. The second kappa shape index (κ2) is 6.45. The SMILES string of the molecule is CC1CCC(CCNCc2c[nH]c3ccccc23)CC1. The highest BCUT2D eigenvalue weighted by atomic mass is 14.9. The maximum absolute atomic E-state index is 3.62. The summed E-state index contributed by atoms with van der Waals surface area (Å²) in [7, 11) is 0. The molecule has 2 heteroatoms. The molecule has 1 aromatic heterocycles. The minimum Gasteiger partial charge on any atom is -0.361 e. The lowest BCUT2D eigenvalue weighted by atomic mass is 9.81. The van der Waals surface area contributed by atoms with E-state index in [-0.39, 0.29) is 0 Å². The van der Waals surface area contributed by atoms with Crippen molar-refractivity contribution < 1.29 is 0 Å². The van der Waals surface area contributed by atoms with Crippen molar-refractivity contribution in [1.29, 1.82) is 0 Å². The Hall–Kier alpha value is -1.28. The highest BCUT2D eigenvalue weighted by Gasteiger charge is 2.17. The molecule has 1 saturated carbocycles. The second-order valence-electron chi connectivity index (χ2n) is 6.45. The van der Waals surface area contributed by atoms with Crippen molar-refractivity contribution in [1.82, 2.24) is 10.3 Å². The van der Waals surface area contributed by atoms with Crippen LogP contribution in [-0.4, -0.2) is 11.5 Å². The van der Waals surface area contributed by atoms with E-state index in [2.05, 4.69) is 47.7 Å². The van der Waals surface area contributed by atoms with Crippen LogP contribution in [0.1, 0.15) is 44.6 Å². The predicted molar refractivity (Wildman–Crippen MR) is 85.7 cm³/mol. The maximum atomic E-state index is 3.62. The lowest BCUT2D eigenvalue weighted by Crippen LogP contribution is -2.20. The van der Waals surface area contributed by atoms with Crippen LogP contribution in [0.15, 0.2) is 30.5 Å². The monoisotopic (exact) mass is 270 g/mol. The van der Waals surface area contributed by atoms with Crippen LogP contribution in [0.5, 0.6) is 0 Å². The zero-order valence-electron chi connectivity index (χ0n) is 12.5. The molecule has 2 nitrogen and oxygen atoms in total. The number of fused-ring (bicyclic) bond motifs is 1. The smallest absolute Gasteiger partial charge is 0.0457 e. The van der Waals surface area contributed by atoms with E-state index < -0.39 is 0 Å². The predicted octanol–water partition coefficient (Wildman–Crippen LogP) is 4.47. The number of nitrogens with one attached hydrogen (secondary N) is 2. The van der Waals surface area contributed by atoms with Gasteiger partial charge in [0.15, 0.2) is 0 Å². The molecule has 108 valence electrons. The Kier molecular flexibility index (Phi) is 4.41. The van der Waals surface area contributed by atoms with Crippen LogP contribution in [0, 0.1) is 11.8 Å². The van der Waals surface area contributed by atoms with E-state index in [9.17, 15) is 0 Å². The van der Waals surface area contributed by atoms with Crippen LogP contribution in [0.25, 0.3) is 10.9 Å². The van der Waals surface area contributed by atoms with Gasteiger partial charge in [0, 0.05) is 23.6 Å². The van der Waals surface area contributed by atoms with E-state index in [0.29, 0.717) is 0 Å². The topological polar surface area (TPSA) is 27.8 Å². The first-order valence-corrected chi connectivity index (χ1v) is 8.08. The van der Waals surface area contributed by atoms with Gasteiger partial charge in [-0.05, 0) is 36.4 Å². The molecule has 1 fully saturated rings. The average Bonchev–Trinajstić information content (AvgIpc) is 2.89. The van der Waals surface area contributed by atoms with Gasteiger partial charge in [0.25, 0.3) is 0 Å². The Balaban J connectivity index is 1.44. The maximum Gasteiger partial charge on any atom is 0.0457 e. The van der Waals surface area contributed by atoms with Crippen molar-refractivity contribution in [2.75, 3.05) is 6.54 Å². The number of H-pyrrole nitrogens is 1. The van der Waals surface area contributed by atoms with Gasteiger partial charge in [-0.15, -0.1) is 0 Å². The molecule has 0 saturated heterocycles. The number of aromatic nitrogens is 1. The number of hydrogen-bond acceptors (Lipinski definition) is 1. The zero-order valence-corrected chi connectivity index (χ0v) is 12.5. The molecule has 1 aliphatic rings. The highest BCUT2D eigenvalue weighted by molar-refractivity contribution is 5.82. The summed E-state index contributed by atoms with van der Waals surface area (Å²) < 4.78 is 0. The Morgan fingerprint density at radius 3 is 2.80 bits per heavy atom. The fourth-order valence-corrected chi connectivity index (χ4v) is 3.42. The summed E-state index contributed by atoms with van der Waals surface area (Å²) in [5.41, 5.74) is 2.63. The Morgan fingerprint density at radius 1 is 1.15 bits per heavy atom. The van der Waals surface area contributed by atoms with Crippen molar-refractivity contribution in [3.05, 3.63) is 36.0 Å². The molecular weight excluding hydrogens is 244 g/mol. The van der Waals surface area contributed by atoms with E-state index in [1.807, 2.05) is 0 Å². The molecule has 0 atom stereocenters. The Labute approximate surface area is 122 Å². The van der Waals surface area contributed by atoms with Gasteiger partial charge in [-0.1, -0.05) is 50.8 Å². The van der Waals surface area contributed by atoms with Crippen LogP contribution in [0.4, 0.5) is 0 Å². The van der Waals surface area contributed by atoms with Gasteiger partial charge in [-0.3, -0.25) is 0 Å². The number of benzene rings is 1. The molecule has 20 heavy (non-hydrogen) atoms. The minimum atomic E-state index is 0.960. The summed E-state index contributed by atoms with van der Waals surface area (Å²) in [4.78, 5) is 3.34. The van der Waals surface area contributed by atoms with Crippen LogP contribution in [-0.2, 0) is 6.54 Å². The van der Waals surface area contributed by atoms with Crippen LogP contribution < -0.4 is 5.32 Å². The van der Waals surface area contributed by atoms with Gasteiger partial charge in [0.2, 0.25) is 0 Å². The fourth-order valence-electron chi connectivity index (χ4n) is 3.42. The summed E-state index contributed by atoms with van der Waals surface area (Å²) >= 11 is 0. The standard InChI is InChI=1S/C18H26N2/c1-14-6-8-15(9-7-14)10-11-19-12-16-13-20-18-5-3-2-4-17(16)18/h2-5,13-15,19-20H,6-12H2,1H3. The third-order valence-corrected chi connectivity index (χ3v) is 4.86. The second-order valence-corrected chi connectivity index (χ2v) is 6.45. The van der Waals surface area contributed by atoms with Crippen LogP contribution >= 0.6 is 0 Å². The molecule has 0 aliphatic heterocycles. The molecule has 0 radical (unpaired) electrons. The highest BCUT2D eigenvalue weighted by Crippen LogP contribution is 2.30. The van der Waals surface area contributed by atoms with E-state index in [1.54, 1.807) is 0 Å². The first-order valence-electron chi connectivity index (χ1n) is 8.08. The number of para-hydroxylation sites is 1. The van der Waals surface area contributed by atoms with Crippen molar-refractivity contribution >= 4 is 10.9 Å². The van der Waals surface area contributed by atoms with E-state index in [4.69, 9.17) is 0 Å². The van der Waals surface area contributed by atoms with Gasteiger partial charge in [0.1, 0.15) is 0 Å². The Morgan fingerprint density at radius 2 is 1.95 bits per heavy atom.